The number of carboxylic acid groups (broad SMARTS) is 1. The van der Waals surface area contributed by atoms with Crippen LogP contribution >= 0.6 is 0 Å². The van der Waals surface area contributed by atoms with Crippen LogP contribution in [-0.4, -0.2) is 30.4 Å². The van der Waals surface area contributed by atoms with Gasteiger partial charge in [-0.1, -0.05) is 73.3 Å². The van der Waals surface area contributed by atoms with Crippen molar-refractivity contribution in [1.29, 1.82) is 0 Å². The Labute approximate surface area is 220 Å². The number of aliphatic carboxylic acids is 1. The molecular formula is C31H28FNO5. The molecule has 194 valence electrons. The quantitative estimate of drug-likeness (QED) is 0.165. The molecule has 6 nitrogen and oxygen atoms in total. The molecule has 0 aliphatic carbocycles. The third-order valence-corrected chi connectivity index (χ3v) is 5.70. The van der Waals surface area contributed by atoms with Crippen molar-refractivity contribution in [2.75, 3.05) is 13.2 Å². The molecule has 1 unspecified atom stereocenters. The molecule has 4 aromatic carbocycles. The molecule has 38 heavy (non-hydrogen) atoms. The van der Waals surface area contributed by atoms with Gasteiger partial charge in [0.05, 0.1) is 5.70 Å². The molecule has 4 rings (SSSR count). The van der Waals surface area contributed by atoms with Crippen molar-refractivity contribution in [3.05, 3.63) is 127 Å². The summed E-state index contributed by atoms with van der Waals surface area (Å²) in [5.74, 6) is -0.606. The van der Waals surface area contributed by atoms with Crippen LogP contribution in [-0.2, 0) is 16.1 Å². The number of carbonyl (C=O) groups is 1. The number of hydroxylamine groups is 1. The van der Waals surface area contributed by atoms with Gasteiger partial charge < -0.3 is 14.6 Å². The van der Waals surface area contributed by atoms with Crippen molar-refractivity contribution in [2.24, 2.45) is 0 Å². The fourth-order valence-corrected chi connectivity index (χ4v) is 3.69. The van der Waals surface area contributed by atoms with E-state index < -0.39 is 17.9 Å². The van der Waals surface area contributed by atoms with E-state index in [4.69, 9.17) is 14.3 Å². The summed E-state index contributed by atoms with van der Waals surface area (Å²) in [6, 6.07) is 30.5. The van der Waals surface area contributed by atoms with Gasteiger partial charge in [-0.15, -0.1) is 0 Å². The predicted molar refractivity (Wildman–Crippen MR) is 144 cm³/mol. The van der Waals surface area contributed by atoms with E-state index in [9.17, 15) is 14.3 Å². The van der Waals surface area contributed by atoms with Crippen LogP contribution in [0.1, 0.15) is 11.1 Å². The Morgan fingerprint density at radius 2 is 1.45 bits per heavy atom. The standard InChI is InChI=1S/C31H28FNO5/c1-22(24-9-11-26(12-10-24)25-5-3-2-4-6-25)33-37-20-19-36-28-15-7-23(8-16-28)21-30(31(34)35)38-29-17-13-27(32)14-18-29/h2-18,30,33H,1,19-21H2,(H,34,35). The Morgan fingerprint density at radius 3 is 2.11 bits per heavy atom. The molecule has 0 amide bonds. The van der Waals surface area contributed by atoms with Crippen LogP contribution in [0.4, 0.5) is 4.39 Å². The summed E-state index contributed by atoms with van der Waals surface area (Å²) in [5.41, 5.74) is 7.45. The maximum Gasteiger partial charge on any atom is 0.345 e. The summed E-state index contributed by atoms with van der Waals surface area (Å²) in [7, 11) is 0. The molecule has 0 aromatic heterocycles. The van der Waals surface area contributed by atoms with Crippen LogP contribution in [0.2, 0.25) is 0 Å². The average molecular weight is 514 g/mol. The predicted octanol–water partition coefficient (Wildman–Crippen LogP) is 6.14. The van der Waals surface area contributed by atoms with E-state index in [1.165, 1.54) is 24.3 Å². The number of ether oxygens (including phenoxy) is 2. The Kier molecular flexibility index (Phi) is 9.10. The summed E-state index contributed by atoms with van der Waals surface area (Å²) in [6.07, 6.45) is -0.955. The van der Waals surface area contributed by atoms with Crippen molar-refractivity contribution in [3.8, 4) is 22.6 Å². The highest BCUT2D eigenvalue weighted by Crippen LogP contribution is 2.21. The fourth-order valence-electron chi connectivity index (χ4n) is 3.69. The molecule has 0 heterocycles. The van der Waals surface area contributed by atoms with E-state index in [0.29, 0.717) is 23.8 Å². The van der Waals surface area contributed by atoms with Crippen LogP contribution in [0.15, 0.2) is 110 Å². The molecule has 2 N–H and O–H groups in total. The molecule has 0 radical (unpaired) electrons. The Balaban J connectivity index is 1.18. The molecule has 0 saturated heterocycles. The second-order valence-corrected chi connectivity index (χ2v) is 8.47. The van der Waals surface area contributed by atoms with E-state index in [0.717, 1.165) is 22.3 Å². The highest BCUT2D eigenvalue weighted by atomic mass is 19.1. The number of halogens is 1. The summed E-state index contributed by atoms with van der Waals surface area (Å²) >= 11 is 0. The van der Waals surface area contributed by atoms with Crippen LogP contribution in [0.25, 0.3) is 16.8 Å². The zero-order valence-electron chi connectivity index (χ0n) is 20.7. The molecule has 0 bridgehead atoms. The van der Waals surface area contributed by atoms with Gasteiger partial charge in [-0.05, 0) is 58.7 Å². The lowest BCUT2D eigenvalue weighted by atomic mass is 10.0. The van der Waals surface area contributed by atoms with Gasteiger partial charge in [-0.25, -0.2) is 9.18 Å². The summed E-state index contributed by atoms with van der Waals surface area (Å²) in [4.78, 5) is 17.1. The van der Waals surface area contributed by atoms with Crippen LogP contribution < -0.4 is 15.0 Å². The molecule has 1 atom stereocenters. The van der Waals surface area contributed by atoms with Gasteiger partial charge in [0.15, 0.2) is 6.10 Å². The first-order valence-electron chi connectivity index (χ1n) is 12.1. The van der Waals surface area contributed by atoms with Gasteiger partial charge in [-0.2, -0.15) is 0 Å². The highest BCUT2D eigenvalue weighted by Gasteiger charge is 2.20. The smallest absolute Gasteiger partial charge is 0.345 e. The molecule has 0 saturated carbocycles. The van der Waals surface area contributed by atoms with E-state index in [1.807, 2.05) is 42.5 Å². The van der Waals surface area contributed by atoms with Gasteiger partial charge in [0.1, 0.15) is 30.5 Å². The monoisotopic (exact) mass is 513 g/mol. The first-order chi connectivity index (χ1) is 18.5. The molecule has 0 fully saturated rings. The van der Waals surface area contributed by atoms with Crippen LogP contribution in [0.5, 0.6) is 11.5 Å². The molecule has 0 spiro atoms. The maximum atomic E-state index is 13.1. The number of rotatable bonds is 13. The minimum absolute atomic E-state index is 0.147. The molecule has 7 heteroatoms. The van der Waals surface area contributed by atoms with E-state index >= 15 is 0 Å². The lowest BCUT2D eigenvalue weighted by molar-refractivity contribution is -0.145. The van der Waals surface area contributed by atoms with Crippen molar-refractivity contribution in [1.82, 2.24) is 5.48 Å². The first kappa shape index (κ1) is 26.4. The van der Waals surface area contributed by atoms with Gasteiger partial charge in [0.25, 0.3) is 0 Å². The fraction of sp³-hybridized carbons (Fsp3) is 0.129. The van der Waals surface area contributed by atoms with Gasteiger partial charge in [0, 0.05) is 6.42 Å². The molecular weight excluding hydrogens is 485 g/mol. The Hall–Kier alpha value is -4.62. The number of nitrogens with one attached hydrogen (secondary N) is 1. The maximum absolute atomic E-state index is 13.1. The average Bonchev–Trinajstić information content (AvgIpc) is 2.95. The summed E-state index contributed by atoms with van der Waals surface area (Å²) in [5, 5.41) is 9.49. The van der Waals surface area contributed by atoms with E-state index in [1.54, 1.807) is 24.3 Å². The van der Waals surface area contributed by atoms with Crippen LogP contribution in [0.3, 0.4) is 0 Å². The van der Waals surface area contributed by atoms with Crippen molar-refractivity contribution >= 4 is 11.7 Å². The van der Waals surface area contributed by atoms with Crippen LogP contribution in [0, 0.1) is 5.82 Å². The topological polar surface area (TPSA) is 77.0 Å². The number of hydrogen-bond acceptors (Lipinski definition) is 5. The normalized spacial score (nSPS) is 11.4. The third kappa shape index (κ3) is 7.69. The van der Waals surface area contributed by atoms with Crippen molar-refractivity contribution in [3.63, 3.8) is 0 Å². The van der Waals surface area contributed by atoms with Gasteiger partial charge in [-0.3, -0.25) is 10.3 Å². The third-order valence-electron chi connectivity index (χ3n) is 5.70. The number of carboxylic acids is 1. The minimum atomic E-state index is -1.10. The first-order valence-corrected chi connectivity index (χ1v) is 12.1. The Bertz CT molecular complexity index is 1320. The van der Waals surface area contributed by atoms with Crippen molar-refractivity contribution in [2.45, 2.75) is 12.5 Å². The van der Waals surface area contributed by atoms with Crippen molar-refractivity contribution < 1.29 is 28.6 Å². The number of hydrogen-bond donors (Lipinski definition) is 2. The van der Waals surface area contributed by atoms with Gasteiger partial charge in [0.2, 0.25) is 0 Å². The van der Waals surface area contributed by atoms with Gasteiger partial charge >= 0.3 is 5.97 Å². The minimum Gasteiger partial charge on any atom is -0.491 e. The zero-order chi connectivity index (χ0) is 26.7. The summed E-state index contributed by atoms with van der Waals surface area (Å²) in [6.45, 7) is 4.60. The molecule has 4 aromatic rings. The second-order valence-electron chi connectivity index (χ2n) is 8.47. The van der Waals surface area contributed by atoms with E-state index in [2.05, 4.69) is 24.2 Å². The SMILES string of the molecule is C=C(NOCCOc1ccc(CC(Oc2ccc(F)cc2)C(=O)O)cc1)c1ccc(-c2ccccc2)cc1. The number of benzene rings is 4. The lowest BCUT2D eigenvalue weighted by Crippen LogP contribution is -2.29. The largest absolute Gasteiger partial charge is 0.491 e. The second kappa shape index (κ2) is 13.1. The summed E-state index contributed by atoms with van der Waals surface area (Å²) < 4.78 is 24.3. The highest BCUT2D eigenvalue weighted by molar-refractivity contribution is 5.73. The lowest BCUT2D eigenvalue weighted by Gasteiger charge is -2.15. The zero-order valence-corrected chi connectivity index (χ0v) is 20.7. The Morgan fingerprint density at radius 1 is 0.816 bits per heavy atom. The van der Waals surface area contributed by atoms with E-state index in [-0.39, 0.29) is 13.0 Å². The molecule has 0 aliphatic heterocycles. The molecule has 0 aliphatic rings.